The molecule has 0 unspecified atom stereocenters. The third-order valence-electron chi connectivity index (χ3n) is 4.39. The molecule has 3 rings (SSSR count). The smallest absolute Gasteiger partial charge is 0.266 e. The quantitative estimate of drug-likeness (QED) is 0.319. The molecule has 1 fully saturated rings. The van der Waals surface area contributed by atoms with Crippen molar-refractivity contribution in [3.63, 3.8) is 0 Å². The molecule has 1 saturated heterocycles. The average molecular weight is 525 g/mol. The predicted molar refractivity (Wildman–Crippen MR) is 138 cm³/mol. The summed E-state index contributed by atoms with van der Waals surface area (Å²) in [6, 6.07) is 10.0. The maximum Gasteiger partial charge on any atom is 0.266 e. The monoisotopic (exact) mass is 524 g/mol. The highest BCUT2D eigenvalue weighted by Gasteiger charge is 2.31. The number of nitrogens with one attached hydrogen (secondary N) is 1. The van der Waals surface area contributed by atoms with E-state index in [4.69, 9.17) is 44.9 Å². The van der Waals surface area contributed by atoms with Crippen LogP contribution in [0.2, 0.25) is 10.0 Å². The van der Waals surface area contributed by atoms with Crippen LogP contribution in [0.25, 0.3) is 6.08 Å². The van der Waals surface area contributed by atoms with Crippen molar-refractivity contribution in [1.29, 1.82) is 0 Å². The highest BCUT2D eigenvalue weighted by atomic mass is 35.5. The van der Waals surface area contributed by atoms with Crippen molar-refractivity contribution in [2.45, 2.75) is 20.3 Å². The van der Waals surface area contributed by atoms with Crippen molar-refractivity contribution in [3.05, 3.63) is 56.9 Å². The molecule has 1 aliphatic rings. The van der Waals surface area contributed by atoms with E-state index in [-0.39, 0.29) is 18.4 Å². The van der Waals surface area contributed by atoms with Gasteiger partial charge in [-0.15, -0.1) is 0 Å². The summed E-state index contributed by atoms with van der Waals surface area (Å²) in [5, 5.41) is 3.52. The average Bonchev–Trinajstić information content (AvgIpc) is 3.00. The minimum absolute atomic E-state index is 0.0945. The molecule has 2 amide bonds. The first-order valence-electron chi connectivity index (χ1n) is 10.2. The van der Waals surface area contributed by atoms with Gasteiger partial charge in [-0.2, -0.15) is 0 Å². The molecule has 0 radical (unpaired) electrons. The normalized spacial score (nSPS) is 14.7. The summed E-state index contributed by atoms with van der Waals surface area (Å²) in [5.74, 6) is 0.406. The van der Waals surface area contributed by atoms with Crippen molar-refractivity contribution in [1.82, 2.24) is 4.90 Å². The number of carbonyl (C=O) groups excluding carboxylic acids is 2. The van der Waals surface area contributed by atoms with Gasteiger partial charge >= 0.3 is 0 Å². The van der Waals surface area contributed by atoms with E-state index in [2.05, 4.69) is 5.32 Å². The number of benzene rings is 2. The molecule has 0 aromatic heterocycles. The van der Waals surface area contributed by atoms with Crippen LogP contribution in [0, 0.1) is 0 Å². The lowest BCUT2D eigenvalue weighted by Gasteiger charge is -2.13. The van der Waals surface area contributed by atoms with E-state index in [1.165, 1.54) is 11.8 Å². The summed E-state index contributed by atoms with van der Waals surface area (Å²) in [7, 11) is 0. The topological polar surface area (TPSA) is 67.9 Å². The molecule has 0 atom stereocenters. The number of hydrogen-bond donors (Lipinski definition) is 1. The number of nitrogens with zero attached hydrogens (tertiary/aromatic N) is 1. The van der Waals surface area contributed by atoms with Gasteiger partial charge in [-0.25, -0.2) is 0 Å². The van der Waals surface area contributed by atoms with Gasteiger partial charge in [-0.05, 0) is 55.3 Å². The van der Waals surface area contributed by atoms with Gasteiger partial charge in [0, 0.05) is 22.3 Å². The number of ether oxygens (including phenoxy) is 2. The van der Waals surface area contributed by atoms with Crippen LogP contribution >= 0.6 is 47.2 Å². The molecule has 0 saturated carbocycles. The van der Waals surface area contributed by atoms with E-state index in [0.29, 0.717) is 49.6 Å². The highest BCUT2D eigenvalue weighted by Crippen LogP contribution is 2.35. The van der Waals surface area contributed by atoms with Gasteiger partial charge in [0.25, 0.3) is 11.8 Å². The molecule has 6 nitrogen and oxygen atoms in total. The molecule has 0 aliphatic carbocycles. The zero-order valence-corrected chi connectivity index (χ0v) is 21.2. The fourth-order valence-corrected chi connectivity index (χ4v) is 4.87. The van der Waals surface area contributed by atoms with Crippen LogP contribution in [-0.4, -0.2) is 40.8 Å². The lowest BCUT2D eigenvalue weighted by molar-refractivity contribution is -0.122. The Bertz CT molecular complexity index is 1090. The second kappa shape index (κ2) is 11.7. The Morgan fingerprint density at radius 1 is 1.12 bits per heavy atom. The third kappa shape index (κ3) is 6.86. The molecule has 1 heterocycles. The van der Waals surface area contributed by atoms with Crippen molar-refractivity contribution in [2.24, 2.45) is 0 Å². The Balaban J connectivity index is 1.70. The molecule has 33 heavy (non-hydrogen) atoms. The number of thiocarbonyl (C=S) groups is 1. The predicted octanol–water partition coefficient (Wildman–Crippen LogP) is 6.02. The molecule has 174 valence electrons. The summed E-state index contributed by atoms with van der Waals surface area (Å²) >= 11 is 18.5. The van der Waals surface area contributed by atoms with Gasteiger partial charge in [0.1, 0.15) is 4.32 Å². The summed E-state index contributed by atoms with van der Waals surface area (Å²) < 4.78 is 11.9. The second-order valence-corrected chi connectivity index (χ2v) is 9.52. The lowest BCUT2D eigenvalue weighted by atomic mass is 10.2. The molecular weight excluding hydrogens is 503 g/mol. The SMILES string of the molecule is CCCN1C(=O)/C(=C/c2ccc(OCC(=O)Nc3cc(Cl)cc(Cl)c3)c(OCC)c2)SC1=S. The van der Waals surface area contributed by atoms with Gasteiger partial charge in [-0.1, -0.05) is 60.2 Å². The van der Waals surface area contributed by atoms with E-state index in [0.717, 1.165) is 12.0 Å². The van der Waals surface area contributed by atoms with Crippen LogP contribution in [-0.2, 0) is 9.59 Å². The lowest BCUT2D eigenvalue weighted by Crippen LogP contribution is -2.28. The van der Waals surface area contributed by atoms with Gasteiger partial charge in [-0.3, -0.25) is 14.5 Å². The van der Waals surface area contributed by atoms with E-state index in [9.17, 15) is 9.59 Å². The zero-order valence-electron chi connectivity index (χ0n) is 18.0. The minimum atomic E-state index is -0.376. The van der Waals surface area contributed by atoms with E-state index < -0.39 is 0 Å². The van der Waals surface area contributed by atoms with Crippen molar-refractivity contribution >= 4 is 75.1 Å². The fourth-order valence-electron chi connectivity index (χ4n) is 3.04. The van der Waals surface area contributed by atoms with Crippen LogP contribution in [0.3, 0.4) is 0 Å². The van der Waals surface area contributed by atoms with Gasteiger partial charge in [0.05, 0.1) is 11.5 Å². The van der Waals surface area contributed by atoms with Crippen molar-refractivity contribution < 1.29 is 19.1 Å². The number of hydrogen-bond acceptors (Lipinski definition) is 6. The number of anilines is 1. The first-order valence-corrected chi connectivity index (χ1v) is 12.2. The standard InChI is InChI=1S/C23H22Cl2N2O4S2/c1-3-7-27-22(29)20(33-23(27)32)9-14-5-6-18(19(8-14)30-4-2)31-13-21(28)26-17-11-15(24)10-16(25)12-17/h5-6,8-12H,3-4,7,13H2,1-2H3,(H,26,28)/b20-9-. The number of halogens is 2. The number of thioether (sulfide) groups is 1. The Hall–Kier alpha value is -2.26. The van der Waals surface area contributed by atoms with Crippen molar-refractivity contribution in [3.8, 4) is 11.5 Å². The largest absolute Gasteiger partial charge is 0.490 e. The first-order chi connectivity index (χ1) is 15.8. The van der Waals surface area contributed by atoms with Gasteiger partial charge in [0.15, 0.2) is 18.1 Å². The van der Waals surface area contributed by atoms with E-state index >= 15 is 0 Å². The molecule has 10 heteroatoms. The number of amides is 2. The van der Waals surface area contributed by atoms with Crippen LogP contribution < -0.4 is 14.8 Å². The zero-order chi connectivity index (χ0) is 24.0. The maximum atomic E-state index is 12.6. The number of rotatable bonds is 9. The van der Waals surface area contributed by atoms with Gasteiger partial charge in [0.2, 0.25) is 0 Å². The summed E-state index contributed by atoms with van der Waals surface area (Å²) in [5.41, 5.74) is 1.24. The molecule has 2 aromatic rings. The fraction of sp³-hybridized carbons (Fsp3) is 0.261. The molecular formula is C23H22Cl2N2O4S2. The summed E-state index contributed by atoms with van der Waals surface area (Å²) in [4.78, 5) is 27.1. The van der Waals surface area contributed by atoms with Crippen LogP contribution in [0.5, 0.6) is 11.5 Å². The van der Waals surface area contributed by atoms with E-state index in [1.807, 2.05) is 13.8 Å². The Labute approximate surface area is 212 Å². The number of carbonyl (C=O) groups is 2. The second-order valence-electron chi connectivity index (χ2n) is 6.97. The first kappa shape index (κ1) is 25.4. The molecule has 1 aliphatic heterocycles. The van der Waals surface area contributed by atoms with Crippen LogP contribution in [0.15, 0.2) is 41.3 Å². The molecule has 2 aromatic carbocycles. The Kier molecular flexibility index (Phi) is 9.02. The van der Waals surface area contributed by atoms with Crippen molar-refractivity contribution in [2.75, 3.05) is 25.1 Å². The van der Waals surface area contributed by atoms with Crippen LogP contribution in [0.4, 0.5) is 5.69 Å². The highest BCUT2D eigenvalue weighted by molar-refractivity contribution is 8.26. The van der Waals surface area contributed by atoms with Gasteiger partial charge < -0.3 is 14.8 Å². The summed E-state index contributed by atoms with van der Waals surface area (Å²) in [6.45, 7) is 4.62. The Morgan fingerprint density at radius 2 is 1.85 bits per heavy atom. The third-order valence-corrected chi connectivity index (χ3v) is 6.21. The molecule has 1 N–H and O–H groups in total. The maximum absolute atomic E-state index is 12.6. The van der Waals surface area contributed by atoms with Crippen LogP contribution in [0.1, 0.15) is 25.8 Å². The Morgan fingerprint density at radius 3 is 2.52 bits per heavy atom. The minimum Gasteiger partial charge on any atom is -0.490 e. The molecule has 0 spiro atoms. The molecule has 0 bridgehead atoms. The summed E-state index contributed by atoms with van der Waals surface area (Å²) in [6.07, 6.45) is 2.61. The van der Waals surface area contributed by atoms with E-state index in [1.54, 1.807) is 47.4 Å².